The van der Waals surface area contributed by atoms with E-state index in [1.807, 2.05) is 27.2 Å². The van der Waals surface area contributed by atoms with Gasteiger partial charge in [-0.05, 0) is 96.3 Å². The summed E-state index contributed by atoms with van der Waals surface area (Å²) in [4.78, 5) is 23.3. The van der Waals surface area contributed by atoms with E-state index in [0.29, 0.717) is 17.4 Å². The number of nitrogens with zero attached hydrogens (tertiary/aromatic N) is 1. The standard InChI is InChI=1S/C70H123N2O6P/c1-6-8-10-12-14-16-18-20-22-24-25-26-27-28-29-30-31-32-33-34-35-36-37-38-39-40-41-42-43-44-45-46-47-48-50-52-54-56-58-60-62-64-70(74)71-68(67-78-79(75,76)77-66-65-72(3,4)5)69(73)63-61-59-57-55-53-51-49-23-21-19-17-15-13-11-9-7-2/h8,10,14,16,20,22,25-26,28-29,31-32,34-35,37-38,53,55,61,63,68-69,73H,6-7,9,11-13,15,17-19,21,23-24,27,30,33,36,39-52,54,56-60,62,64-67H2,1-5H3,(H-,71,74,75,76)/p+1/b10-8-,16-14-,22-20-,26-25-,29-28-,32-31-,35-34-,38-37-,55-53+,63-61+. The van der Waals surface area contributed by atoms with Crippen LogP contribution in [0.4, 0.5) is 0 Å². The first-order chi connectivity index (χ1) is 38.5. The van der Waals surface area contributed by atoms with Crippen molar-refractivity contribution in [3.8, 4) is 0 Å². The van der Waals surface area contributed by atoms with E-state index in [1.165, 1.54) is 154 Å². The van der Waals surface area contributed by atoms with Gasteiger partial charge < -0.3 is 19.8 Å². The van der Waals surface area contributed by atoms with Crippen molar-refractivity contribution < 1.29 is 32.9 Å². The monoisotopic (exact) mass is 1120 g/mol. The fourth-order valence-electron chi connectivity index (χ4n) is 8.90. The van der Waals surface area contributed by atoms with Crippen LogP contribution in [0.3, 0.4) is 0 Å². The molecule has 8 nitrogen and oxygen atoms in total. The lowest BCUT2D eigenvalue weighted by atomic mass is 10.0. The van der Waals surface area contributed by atoms with Gasteiger partial charge in [0.15, 0.2) is 0 Å². The summed E-state index contributed by atoms with van der Waals surface area (Å²) >= 11 is 0. The third-order valence-corrected chi connectivity index (χ3v) is 14.9. The summed E-state index contributed by atoms with van der Waals surface area (Å²) in [6.07, 6.45) is 89.0. The number of carbonyl (C=O) groups is 1. The van der Waals surface area contributed by atoms with Crippen LogP contribution in [0.2, 0.25) is 0 Å². The molecule has 0 radical (unpaired) electrons. The highest BCUT2D eigenvalue weighted by Crippen LogP contribution is 2.43. The van der Waals surface area contributed by atoms with E-state index in [9.17, 15) is 19.4 Å². The molecule has 3 N–H and O–H groups in total. The summed E-state index contributed by atoms with van der Waals surface area (Å²) in [6.45, 7) is 4.68. The number of aliphatic hydroxyl groups excluding tert-OH is 1. The first-order valence-electron chi connectivity index (χ1n) is 32.4. The SMILES string of the molecule is CC/C=C\C/C=C\C/C=C\C/C=C\C/C=C\C/C=C\C/C=C\C/C=C\CCCCCCCCCCCCCCCCCCC(=O)NC(COP(=O)(O)OCC[N+](C)(C)C)C(O)/C=C/CC/C=C/CCCCCCCCCCCC. The van der Waals surface area contributed by atoms with Gasteiger partial charge in [-0.2, -0.15) is 0 Å². The van der Waals surface area contributed by atoms with Crippen LogP contribution in [-0.4, -0.2) is 73.4 Å². The van der Waals surface area contributed by atoms with Crippen molar-refractivity contribution in [2.75, 3.05) is 40.9 Å². The molecule has 0 aliphatic rings. The number of hydrogen-bond acceptors (Lipinski definition) is 5. The number of likely N-dealkylation sites (N-methyl/N-ethyl adjacent to an activating group) is 1. The van der Waals surface area contributed by atoms with Crippen molar-refractivity contribution >= 4 is 13.7 Å². The molecule has 3 atom stereocenters. The Morgan fingerprint density at radius 1 is 0.443 bits per heavy atom. The highest BCUT2D eigenvalue weighted by atomic mass is 31.2. The van der Waals surface area contributed by atoms with Crippen molar-refractivity contribution in [1.29, 1.82) is 0 Å². The van der Waals surface area contributed by atoms with Gasteiger partial charge in [-0.1, -0.05) is 283 Å². The normalized spacial score (nSPS) is 14.6. The lowest BCUT2D eigenvalue weighted by Gasteiger charge is -2.25. The fourth-order valence-corrected chi connectivity index (χ4v) is 9.63. The van der Waals surface area contributed by atoms with Crippen LogP contribution < -0.4 is 5.32 Å². The molecule has 0 saturated heterocycles. The average molecular weight is 1120 g/mol. The van der Waals surface area contributed by atoms with Gasteiger partial charge in [-0.15, -0.1) is 0 Å². The summed E-state index contributed by atoms with van der Waals surface area (Å²) < 4.78 is 23.7. The third kappa shape index (κ3) is 62.4. The topological polar surface area (TPSA) is 105 Å². The lowest BCUT2D eigenvalue weighted by molar-refractivity contribution is -0.870. The van der Waals surface area contributed by atoms with Gasteiger partial charge in [-0.3, -0.25) is 13.8 Å². The minimum absolute atomic E-state index is 0.0527. The molecule has 0 fully saturated rings. The van der Waals surface area contributed by atoms with Crippen LogP contribution in [-0.2, 0) is 18.4 Å². The number of unbranched alkanes of at least 4 members (excludes halogenated alkanes) is 27. The number of quaternary nitrogens is 1. The number of nitrogens with one attached hydrogen (secondary N) is 1. The van der Waals surface area contributed by atoms with Crippen molar-refractivity contribution in [1.82, 2.24) is 5.32 Å². The van der Waals surface area contributed by atoms with Crippen molar-refractivity contribution in [3.05, 3.63) is 122 Å². The predicted molar refractivity (Wildman–Crippen MR) is 345 cm³/mol. The third-order valence-electron chi connectivity index (χ3n) is 13.9. The molecule has 454 valence electrons. The number of hydrogen-bond donors (Lipinski definition) is 3. The average Bonchev–Trinajstić information content (AvgIpc) is 3.42. The molecule has 0 spiro atoms. The Kier molecular flexibility index (Phi) is 57.2. The zero-order valence-electron chi connectivity index (χ0n) is 51.8. The number of allylic oxidation sites excluding steroid dienone is 19. The van der Waals surface area contributed by atoms with Gasteiger partial charge in [0.2, 0.25) is 5.91 Å². The molecule has 0 saturated carbocycles. The first-order valence-corrected chi connectivity index (χ1v) is 33.9. The molecule has 0 rings (SSSR count). The fraction of sp³-hybridized carbons (Fsp3) is 0.700. The van der Waals surface area contributed by atoms with Crippen LogP contribution in [0, 0.1) is 0 Å². The Balaban J connectivity index is 4.03. The van der Waals surface area contributed by atoms with Gasteiger partial charge >= 0.3 is 7.82 Å². The van der Waals surface area contributed by atoms with Gasteiger partial charge in [0, 0.05) is 6.42 Å². The maximum atomic E-state index is 13.0. The molecule has 1 amide bonds. The minimum atomic E-state index is -4.36. The minimum Gasteiger partial charge on any atom is -0.387 e. The number of phosphoric acid groups is 1. The predicted octanol–water partition coefficient (Wildman–Crippen LogP) is 20.5. The number of rotatable bonds is 58. The maximum Gasteiger partial charge on any atom is 0.472 e. The van der Waals surface area contributed by atoms with Crippen LogP contribution in [0.5, 0.6) is 0 Å². The molecule has 0 aromatic heterocycles. The van der Waals surface area contributed by atoms with Crippen LogP contribution >= 0.6 is 7.82 Å². The second-order valence-electron chi connectivity index (χ2n) is 22.7. The number of amides is 1. The second-order valence-corrected chi connectivity index (χ2v) is 24.2. The van der Waals surface area contributed by atoms with E-state index in [2.05, 4.69) is 129 Å². The van der Waals surface area contributed by atoms with Crippen LogP contribution in [0.15, 0.2) is 122 Å². The zero-order valence-corrected chi connectivity index (χ0v) is 52.7. The Hall–Kier alpha value is -3.10. The smallest absolute Gasteiger partial charge is 0.387 e. The van der Waals surface area contributed by atoms with Crippen LogP contribution in [0.1, 0.15) is 264 Å². The van der Waals surface area contributed by atoms with E-state index >= 15 is 0 Å². The Bertz CT molecular complexity index is 1700. The van der Waals surface area contributed by atoms with Gasteiger partial charge in [0.1, 0.15) is 13.2 Å². The lowest BCUT2D eigenvalue weighted by Crippen LogP contribution is -2.45. The molecular formula is C70H124N2O6P+. The van der Waals surface area contributed by atoms with E-state index in [-0.39, 0.29) is 19.1 Å². The molecule has 0 aliphatic carbocycles. The molecule has 0 aromatic rings. The summed E-state index contributed by atoms with van der Waals surface area (Å²) in [5.41, 5.74) is 0. The van der Waals surface area contributed by atoms with E-state index in [1.54, 1.807) is 6.08 Å². The van der Waals surface area contributed by atoms with E-state index in [4.69, 9.17) is 9.05 Å². The van der Waals surface area contributed by atoms with Crippen LogP contribution in [0.25, 0.3) is 0 Å². The summed E-state index contributed by atoms with van der Waals surface area (Å²) in [6, 6.07) is -0.869. The van der Waals surface area contributed by atoms with Crippen molar-refractivity contribution in [2.45, 2.75) is 276 Å². The van der Waals surface area contributed by atoms with Gasteiger partial charge in [0.25, 0.3) is 0 Å². The molecular weight excluding hydrogens is 996 g/mol. The Morgan fingerprint density at radius 2 is 0.772 bits per heavy atom. The Labute approximate surface area is 488 Å². The molecule has 0 aromatic carbocycles. The molecule has 0 bridgehead atoms. The van der Waals surface area contributed by atoms with E-state index < -0.39 is 20.0 Å². The summed E-state index contributed by atoms with van der Waals surface area (Å²) in [7, 11) is 1.55. The summed E-state index contributed by atoms with van der Waals surface area (Å²) in [5, 5.41) is 13.9. The maximum absolute atomic E-state index is 13.0. The highest BCUT2D eigenvalue weighted by Gasteiger charge is 2.27. The zero-order chi connectivity index (χ0) is 57.7. The second kappa shape index (κ2) is 59.5. The number of carbonyl (C=O) groups excluding carboxylic acids is 1. The highest BCUT2D eigenvalue weighted by molar-refractivity contribution is 7.47. The largest absolute Gasteiger partial charge is 0.472 e. The molecule has 79 heavy (non-hydrogen) atoms. The van der Waals surface area contributed by atoms with E-state index in [0.717, 1.165) is 89.9 Å². The van der Waals surface area contributed by atoms with Crippen molar-refractivity contribution in [2.24, 2.45) is 0 Å². The van der Waals surface area contributed by atoms with Gasteiger partial charge in [-0.25, -0.2) is 4.57 Å². The molecule has 3 unspecified atom stereocenters. The number of phosphoric ester groups is 1. The first kappa shape index (κ1) is 75.9. The quantitative estimate of drug-likeness (QED) is 0.0243. The Morgan fingerprint density at radius 3 is 1.16 bits per heavy atom. The number of aliphatic hydroxyl groups is 1. The molecule has 0 heterocycles. The van der Waals surface area contributed by atoms with Crippen molar-refractivity contribution in [3.63, 3.8) is 0 Å². The molecule has 0 aliphatic heterocycles. The summed E-state index contributed by atoms with van der Waals surface area (Å²) in [5.74, 6) is -0.189. The molecule has 9 heteroatoms. The van der Waals surface area contributed by atoms with Gasteiger partial charge in [0.05, 0.1) is 39.9 Å².